The minimum atomic E-state index is -0.805. The van der Waals surface area contributed by atoms with Gasteiger partial charge in [0.25, 0.3) is 0 Å². The van der Waals surface area contributed by atoms with Gasteiger partial charge in [-0.05, 0) is 91.6 Å². The van der Waals surface area contributed by atoms with Gasteiger partial charge in [-0.1, -0.05) is 49.4 Å². The van der Waals surface area contributed by atoms with Crippen LogP contribution >= 0.6 is 0 Å². The van der Waals surface area contributed by atoms with Crippen molar-refractivity contribution in [3.63, 3.8) is 0 Å². The van der Waals surface area contributed by atoms with Crippen LogP contribution in [0.1, 0.15) is 75.0 Å². The molecule has 0 aliphatic heterocycles. The molecule has 1 fully saturated rings. The average molecular weight is 435 g/mol. The van der Waals surface area contributed by atoms with Crippen molar-refractivity contribution >= 4 is 10.8 Å². The Balaban J connectivity index is 1.56. The molecule has 168 valence electrons. The maximum Gasteiger partial charge on any atom is 0.167 e. The maximum atomic E-state index is 15.0. The zero-order valence-electron chi connectivity index (χ0n) is 19.2. The van der Waals surface area contributed by atoms with Crippen molar-refractivity contribution in [2.24, 2.45) is 5.92 Å². The second kappa shape index (κ2) is 9.85. The van der Waals surface area contributed by atoms with Crippen LogP contribution in [-0.2, 0) is 0 Å². The average Bonchev–Trinajstić information content (AvgIpc) is 2.82. The van der Waals surface area contributed by atoms with Crippen molar-refractivity contribution in [2.45, 2.75) is 58.3 Å². The number of fused-ring (bicyclic) bond motifs is 1. The number of ether oxygens (including phenoxy) is 1. The van der Waals surface area contributed by atoms with Gasteiger partial charge in [0.1, 0.15) is 5.75 Å². The van der Waals surface area contributed by atoms with Crippen LogP contribution in [0.5, 0.6) is 5.75 Å². The Kier molecular flexibility index (Phi) is 6.93. The third kappa shape index (κ3) is 4.57. The topological polar surface area (TPSA) is 9.23 Å². The van der Waals surface area contributed by atoms with Gasteiger partial charge in [-0.3, -0.25) is 0 Å². The fourth-order valence-electron chi connectivity index (χ4n) is 5.05. The number of rotatable bonds is 6. The summed E-state index contributed by atoms with van der Waals surface area (Å²) in [6.45, 7) is 6.38. The summed E-state index contributed by atoms with van der Waals surface area (Å²) in [4.78, 5) is 0. The molecule has 0 heterocycles. The van der Waals surface area contributed by atoms with E-state index in [-0.39, 0.29) is 11.3 Å². The molecular formula is C29H32F2O. The van der Waals surface area contributed by atoms with E-state index in [9.17, 15) is 4.39 Å². The van der Waals surface area contributed by atoms with Crippen molar-refractivity contribution < 1.29 is 13.5 Å². The first-order valence-corrected chi connectivity index (χ1v) is 11.8. The number of halogens is 2. The van der Waals surface area contributed by atoms with Gasteiger partial charge in [0.15, 0.2) is 11.6 Å². The summed E-state index contributed by atoms with van der Waals surface area (Å²) in [6.07, 6.45) is 9.37. The highest BCUT2D eigenvalue weighted by Crippen LogP contribution is 2.38. The number of allylic oxidation sites excluding steroid dienone is 2. The molecule has 3 aromatic rings. The Morgan fingerprint density at radius 2 is 1.69 bits per heavy atom. The van der Waals surface area contributed by atoms with Crippen molar-refractivity contribution in [1.82, 2.24) is 0 Å². The van der Waals surface area contributed by atoms with Crippen LogP contribution in [0.15, 0.2) is 60.7 Å². The van der Waals surface area contributed by atoms with Gasteiger partial charge >= 0.3 is 0 Å². The van der Waals surface area contributed by atoms with Crippen LogP contribution in [-0.4, -0.2) is 6.61 Å². The summed E-state index contributed by atoms with van der Waals surface area (Å²) >= 11 is 0. The molecule has 1 nitrogen and oxygen atoms in total. The molecule has 0 amide bonds. The molecule has 3 aromatic carbocycles. The lowest BCUT2D eigenvalue weighted by atomic mass is 9.78. The van der Waals surface area contributed by atoms with Crippen molar-refractivity contribution in [1.29, 1.82) is 0 Å². The first kappa shape index (κ1) is 22.5. The molecule has 0 bridgehead atoms. The Morgan fingerprint density at radius 1 is 0.969 bits per heavy atom. The summed E-state index contributed by atoms with van der Waals surface area (Å²) in [5, 5.41) is 0.942. The van der Waals surface area contributed by atoms with Crippen LogP contribution in [0.2, 0.25) is 0 Å². The predicted octanol–water partition coefficient (Wildman–Crippen LogP) is 8.52. The normalized spacial score (nSPS) is 20.0. The highest BCUT2D eigenvalue weighted by molar-refractivity contribution is 5.85. The van der Waals surface area contributed by atoms with E-state index in [2.05, 4.69) is 43.3 Å². The SMILES string of the molecule is C/C=C/C1CCC(c2ccc(C(C)c3cc4ccc(OCC)cc4c(F)c3F)cc2)CC1. The van der Waals surface area contributed by atoms with Gasteiger partial charge in [0.2, 0.25) is 0 Å². The zero-order valence-corrected chi connectivity index (χ0v) is 19.2. The molecule has 0 saturated heterocycles. The largest absolute Gasteiger partial charge is 0.494 e. The summed E-state index contributed by atoms with van der Waals surface area (Å²) in [7, 11) is 0. The Labute approximate surface area is 190 Å². The van der Waals surface area contributed by atoms with Crippen molar-refractivity contribution in [3.05, 3.63) is 89.0 Å². The molecule has 1 aliphatic rings. The molecule has 1 saturated carbocycles. The van der Waals surface area contributed by atoms with Gasteiger partial charge in [-0.25, -0.2) is 8.78 Å². The van der Waals surface area contributed by atoms with E-state index in [0.717, 1.165) is 5.56 Å². The van der Waals surface area contributed by atoms with E-state index in [1.807, 2.05) is 13.8 Å². The van der Waals surface area contributed by atoms with Gasteiger partial charge in [0.05, 0.1) is 6.61 Å². The maximum absolute atomic E-state index is 15.0. The summed E-state index contributed by atoms with van der Waals surface area (Å²) in [5.41, 5.74) is 2.74. The summed E-state index contributed by atoms with van der Waals surface area (Å²) in [6, 6.07) is 15.5. The van der Waals surface area contributed by atoms with Crippen LogP contribution in [0.25, 0.3) is 10.8 Å². The van der Waals surface area contributed by atoms with E-state index in [0.29, 0.717) is 35.1 Å². The standard InChI is InChI=1S/C29H32F2O/c1-4-6-20-7-9-22(10-8-20)23-13-11-21(12-14-23)19(3)26-17-24-15-16-25(32-5-2)18-27(24)29(31)28(26)30/h4,6,11-20,22H,5,7-10H2,1-3H3/b6-4+. The van der Waals surface area contributed by atoms with Gasteiger partial charge in [0, 0.05) is 11.3 Å². The number of hydrogen-bond acceptors (Lipinski definition) is 1. The summed E-state index contributed by atoms with van der Waals surface area (Å²) < 4.78 is 35.4. The number of hydrogen-bond donors (Lipinski definition) is 0. The predicted molar refractivity (Wildman–Crippen MR) is 129 cm³/mol. The monoisotopic (exact) mass is 434 g/mol. The molecule has 4 rings (SSSR count). The van der Waals surface area contributed by atoms with Crippen LogP contribution in [0.4, 0.5) is 8.78 Å². The van der Waals surface area contributed by atoms with Gasteiger partial charge in [-0.15, -0.1) is 0 Å². The molecule has 1 aliphatic carbocycles. The molecular weight excluding hydrogens is 402 g/mol. The Hall–Kier alpha value is -2.68. The van der Waals surface area contributed by atoms with E-state index in [1.165, 1.54) is 31.2 Å². The molecule has 32 heavy (non-hydrogen) atoms. The van der Waals surface area contributed by atoms with Gasteiger partial charge in [-0.2, -0.15) is 0 Å². The molecule has 3 heteroatoms. The van der Waals surface area contributed by atoms with Gasteiger partial charge < -0.3 is 4.74 Å². The first-order valence-electron chi connectivity index (χ1n) is 11.8. The van der Waals surface area contributed by atoms with Crippen LogP contribution < -0.4 is 4.74 Å². The second-order valence-corrected chi connectivity index (χ2v) is 8.94. The lowest BCUT2D eigenvalue weighted by Gasteiger charge is -2.27. The van der Waals surface area contributed by atoms with Crippen LogP contribution in [0, 0.1) is 17.6 Å². The molecule has 0 aromatic heterocycles. The Morgan fingerprint density at radius 3 is 2.34 bits per heavy atom. The van der Waals surface area contributed by atoms with Crippen LogP contribution in [0.3, 0.4) is 0 Å². The quantitative estimate of drug-likeness (QED) is 0.353. The highest BCUT2D eigenvalue weighted by Gasteiger charge is 2.22. The Bertz CT molecular complexity index is 1090. The second-order valence-electron chi connectivity index (χ2n) is 8.94. The molecule has 0 N–H and O–H groups in total. The zero-order chi connectivity index (χ0) is 22.7. The van der Waals surface area contributed by atoms with Crippen molar-refractivity contribution in [2.75, 3.05) is 6.61 Å². The van der Waals surface area contributed by atoms with E-state index in [4.69, 9.17) is 4.74 Å². The lowest BCUT2D eigenvalue weighted by molar-refractivity contribution is 0.340. The third-order valence-electron chi connectivity index (χ3n) is 6.94. The number of benzene rings is 3. The molecule has 1 unspecified atom stereocenters. The van der Waals surface area contributed by atoms with Crippen molar-refractivity contribution in [3.8, 4) is 5.75 Å². The minimum absolute atomic E-state index is 0.236. The smallest absolute Gasteiger partial charge is 0.167 e. The highest BCUT2D eigenvalue weighted by atomic mass is 19.2. The third-order valence-corrected chi connectivity index (χ3v) is 6.94. The molecule has 0 radical (unpaired) electrons. The fraction of sp³-hybridized carbons (Fsp3) is 0.379. The fourth-order valence-corrected chi connectivity index (χ4v) is 5.05. The summed E-state index contributed by atoms with van der Waals surface area (Å²) in [5.74, 6) is 0.0426. The van der Waals surface area contributed by atoms with E-state index >= 15 is 4.39 Å². The molecule has 0 spiro atoms. The first-order chi connectivity index (χ1) is 15.5. The van der Waals surface area contributed by atoms with E-state index in [1.54, 1.807) is 24.3 Å². The lowest BCUT2D eigenvalue weighted by Crippen LogP contribution is -2.11. The minimum Gasteiger partial charge on any atom is -0.494 e. The molecule has 1 atom stereocenters. The van der Waals surface area contributed by atoms with E-state index < -0.39 is 11.6 Å².